The minimum absolute atomic E-state index is 0.111. The van der Waals surface area contributed by atoms with Crippen LogP contribution in [0.4, 0.5) is 5.82 Å². The Morgan fingerprint density at radius 2 is 1.95 bits per heavy atom. The van der Waals surface area contributed by atoms with Gasteiger partial charge in [-0.25, -0.2) is 14.3 Å². The van der Waals surface area contributed by atoms with Crippen molar-refractivity contribution in [2.75, 3.05) is 16.9 Å². The molecule has 1 aromatic rings. The van der Waals surface area contributed by atoms with E-state index < -0.39 is 9.84 Å². The Kier molecular flexibility index (Phi) is 3.96. The summed E-state index contributed by atoms with van der Waals surface area (Å²) in [4.78, 5) is 11.9. The number of carbonyl (C=O) groups is 1. The topological polar surface area (TPSA) is 127 Å². The van der Waals surface area contributed by atoms with Crippen molar-refractivity contribution in [1.29, 1.82) is 0 Å². The molecule has 0 atom stereocenters. The zero-order chi connectivity index (χ0) is 13.9. The van der Waals surface area contributed by atoms with Crippen LogP contribution in [0.5, 0.6) is 0 Å². The van der Waals surface area contributed by atoms with Crippen molar-refractivity contribution in [3.05, 3.63) is 17.8 Å². The van der Waals surface area contributed by atoms with Crippen LogP contribution in [0.15, 0.2) is 12.1 Å². The molecule has 2 rings (SSSR count). The van der Waals surface area contributed by atoms with Crippen molar-refractivity contribution in [2.45, 2.75) is 18.9 Å². The van der Waals surface area contributed by atoms with E-state index in [4.69, 9.17) is 5.84 Å². The predicted octanol–water partition coefficient (Wildman–Crippen LogP) is -0.931. The number of amides is 1. The fourth-order valence-electron chi connectivity index (χ4n) is 1.82. The third kappa shape index (κ3) is 3.61. The molecule has 0 bridgehead atoms. The number of nitrogens with zero attached hydrogens (tertiary/aromatic N) is 2. The highest BCUT2D eigenvalue weighted by Gasteiger charge is 2.25. The van der Waals surface area contributed by atoms with Gasteiger partial charge in [-0.1, -0.05) is 0 Å². The average molecular weight is 285 g/mol. The van der Waals surface area contributed by atoms with Crippen LogP contribution < -0.4 is 16.6 Å². The van der Waals surface area contributed by atoms with Gasteiger partial charge < -0.3 is 10.7 Å². The van der Waals surface area contributed by atoms with Gasteiger partial charge in [0.15, 0.2) is 11.5 Å². The molecule has 9 heteroatoms. The monoisotopic (exact) mass is 285 g/mol. The quantitative estimate of drug-likeness (QED) is 0.483. The third-order valence-electron chi connectivity index (χ3n) is 2.93. The maximum atomic E-state index is 11.9. The number of nitrogens with one attached hydrogen (secondary N) is 2. The van der Waals surface area contributed by atoms with Crippen LogP contribution in [-0.2, 0) is 9.84 Å². The molecular formula is C10H15N5O3S. The van der Waals surface area contributed by atoms with Gasteiger partial charge in [-0.3, -0.25) is 4.79 Å². The first-order valence-corrected chi connectivity index (χ1v) is 7.64. The number of anilines is 1. The Morgan fingerprint density at radius 1 is 1.26 bits per heavy atom. The number of nitrogens with two attached hydrogens (primary N) is 1. The summed E-state index contributed by atoms with van der Waals surface area (Å²) in [5.41, 5.74) is 2.49. The molecule has 0 saturated carbocycles. The van der Waals surface area contributed by atoms with Crippen LogP contribution in [0.3, 0.4) is 0 Å². The van der Waals surface area contributed by atoms with E-state index in [9.17, 15) is 13.2 Å². The molecule has 0 radical (unpaired) electrons. The molecule has 19 heavy (non-hydrogen) atoms. The maximum Gasteiger partial charge on any atom is 0.272 e. The molecule has 8 nitrogen and oxygen atoms in total. The Labute approximate surface area is 110 Å². The van der Waals surface area contributed by atoms with Gasteiger partial charge in [-0.15, -0.1) is 10.2 Å². The van der Waals surface area contributed by atoms with Crippen molar-refractivity contribution in [3.8, 4) is 0 Å². The summed E-state index contributed by atoms with van der Waals surface area (Å²) in [6.07, 6.45) is 0.869. The molecule has 1 amide bonds. The number of aromatic nitrogens is 2. The Hall–Kier alpha value is -1.74. The second-order valence-electron chi connectivity index (χ2n) is 4.35. The van der Waals surface area contributed by atoms with E-state index in [1.165, 1.54) is 12.1 Å². The number of rotatable bonds is 3. The van der Waals surface area contributed by atoms with E-state index in [0.29, 0.717) is 18.7 Å². The van der Waals surface area contributed by atoms with E-state index in [1.54, 1.807) is 0 Å². The van der Waals surface area contributed by atoms with Gasteiger partial charge in [0.05, 0.1) is 11.5 Å². The van der Waals surface area contributed by atoms with E-state index >= 15 is 0 Å². The number of sulfone groups is 1. The van der Waals surface area contributed by atoms with Crippen molar-refractivity contribution >= 4 is 21.6 Å². The fraction of sp³-hybridized carbons (Fsp3) is 0.500. The fourth-order valence-corrected chi connectivity index (χ4v) is 3.32. The molecule has 1 saturated heterocycles. The first kappa shape index (κ1) is 13.7. The lowest BCUT2D eigenvalue weighted by Crippen LogP contribution is -2.41. The van der Waals surface area contributed by atoms with Crippen LogP contribution in [0, 0.1) is 0 Å². The summed E-state index contributed by atoms with van der Waals surface area (Å²) in [5, 5.41) is 10.2. The normalized spacial score (nSPS) is 18.8. The molecule has 0 unspecified atom stereocenters. The summed E-state index contributed by atoms with van der Waals surface area (Å²) < 4.78 is 22.5. The van der Waals surface area contributed by atoms with Gasteiger partial charge in [-0.2, -0.15) is 0 Å². The van der Waals surface area contributed by atoms with Crippen LogP contribution >= 0.6 is 0 Å². The number of hydrazine groups is 1. The molecule has 1 aromatic heterocycles. The number of hydrogen-bond acceptors (Lipinski definition) is 7. The van der Waals surface area contributed by atoms with Gasteiger partial charge in [0.2, 0.25) is 0 Å². The molecule has 0 spiro atoms. The molecule has 1 aliphatic rings. The Bertz CT molecular complexity index is 543. The molecule has 1 aliphatic heterocycles. The van der Waals surface area contributed by atoms with E-state index in [0.717, 1.165) is 0 Å². The Morgan fingerprint density at radius 3 is 2.47 bits per heavy atom. The number of hydrogen-bond donors (Lipinski definition) is 3. The lowest BCUT2D eigenvalue weighted by Gasteiger charge is -2.22. The van der Waals surface area contributed by atoms with Gasteiger partial charge >= 0.3 is 0 Å². The van der Waals surface area contributed by atoms with Crippen LogP contribution in [0.2, 0.25) is 0 Å². The van der Waals surface area contributed by atoms with E-state index in [-0.39, 0.29) is 29.1 Å². The number of carbonyl (C=O) groups excluding carboxylic acids is 1. The zero-order valence-electron chi connectivity index (χ0n) is 10.2. The van der Waals surface area contributed by atoms with Crippen LogP contribution in [-0.4, -0.2) is 42.1 Å². The van der Waals surface area contributed by atoms with Crippen molar-refractivity contribution in [2.24, 2.45) is 5.84 Å². The smallest absolute Gasteiger partial charge is 0.272 e. The molecule has 1 fully saturated rings. The van der Waals surface area contributed by atoms with E-state index in [2.05, 4.69) is 20.9 Å². The minimum atomic E-state index is -2.93. The predicted molar refractivity (Wildman–Crippen MR) is 69.0 cm³/mol. The zero-order valence-corrected chi connectivity index (χ0v) is 11.0. The molecule has 0 aromatic carbocycles. The van der Waals surface area contributed by atoms with Gasteiger partial charge in [0.25, 0.3) is 5.91 Å². The Balaban J connectivity index is 1.94. The average Bonchev–Trinajstić information content (AvgIpc) is 2.41. The first-order chi connectivity index (χ1) is 9.00. The maximum absolute atomic E-state index is 11.9. The molecule has 2 heterocycles. The summed E-state index contributed by atoms with van der Waals surface area (Å²) in [6.45, 7) is 0. The van der Waals surface area contributed by atoms with Gasteiger partial charge in [-0.05, 0) is 25.0 Å². The highest BCUT2D eigenvalue weighted by molar-refractivity contribution is 7.91. The molecule has 104 valence electrons. The minimum Gasteiger partial charge on any atom is -0.348 e. The van der Waals surface area contributed by atoms with Crippen LogP contribution in [0.1, 0.15) is 23.3 Å². The van der Waals surface area contributed by atoms with Crippen molar-refractivity contribution in [3.63, 3.8) is 0 Å². The molecular weight excluding hydrogens is 270 g/mol. The van der Waals surface area contributed by atoms with Crippen LogP contribution in [0.25, 0.3) is 0 Å². The summed E-state index contributed by atoms with van der Waals surface area (Å²) in [5.74, 6) is 5.36. The SMILES string of the molecule is NNc1ccc(C(=O)NC2CCS(=O)(=O)CC2)nn1. The van der Waals surface area contributed by atoms with Crippen molar-refractivity contribution < 1.29 is 13.2 Å². The second-order valence-corrected chi connectivity index (χ2v) is 6.65. The first-order valence-electron chi connectivity index (χ1n) is 5.82. The highest BCUT2D eigenvalue weighted by Crippen LogP contribution is 2.12. The molecule has 0 aliphatic carbocycles. The largest absolute Gasteiger partial charge is 0.348 e. The lowest BCUT2D eigenvalue weighted by atomic mass is 10.1. The highest BCUT2D eigenvalue weighted by atomic mass is 32.2. The lowest BCUT2D eigenvalue weighted by molar-refractivity contribution is 0.0928. The third-order valence-corrected chi connectivity index (χ3v) is 4.65. The summed E-state index contributed by atoms with van der Waals surface area (Å²) >= 11 is 0. The standard InChI is InChI=1S/C10H15N5O3S/c11-13-9-2-1-8(14-15-9)10(16)12-7-3-5-19(17,18)6-4-7/h1-2,7H,3-6,11H2,(H,12,16)(H,13,15). The summed E-state index contributed by atoms with van der Waals surface area (Å²) in [6, 6.07) is 2.90. The second kappa shape index (κ2) is 5.49. The number of nitrogen functional groups attached to an aromatic ring is 1. The summed E-state index contributed by atoms with van der Waals surface area (Å²) in [7, 11) is -2.93. The van der Waals surface area contributed by atoms with Gasteiger partial charge in [0, 0.05) is 6.04 Å². The van der Waals surface area contributed by atoms with Gasteiger partial charge in [0.1, 0.15) is 9.84 Å². The molecule has 4 N–H and O–H groups in total. The van der Waals surface area contributed by atoms with E-state index in [1.807, 2.05) is 0 Å². The van der Waals surface area contributed by atoms with Crippen molar-refractivity contribution in [1.82, 2.24) is 15.5 Å².